The Morgan fingerprint density at radius 1 is 1.16 bits per heavy atom. The van der Waals surface area contributed by atoms with Gasteiger partial charge in [-0.15, -0.1) is 0 Å². The summed E-state index contributed by atoms with van der Waals surface area (Å²) in [7, 11) is -1.70. The molecule has 1 atom stereocenters. The molecule has 2 rings (SSSR count). The molecule has 0 aliphatic rings. The summed E-state index contributed by atoms with van der Waals surface area (Å²) in [6, 6.07) is 12.1. The van der Waals surface area contributed by atoms with Crippen LogP contribution in [0.15, 0.2) is 53.4 Å². The third kappa shape index (κ3) is 3.49. The maximum absolute atomic E-state index is 13.4. The van der Waals surface area contributed by atoms with Crippen molar-refractivity contribution in [2.45, 2.75) is 4.90 Å². The zero-order valence-electron chi connectivity index (χ0n) is 9.81. The molecule has 2 aromatic rings. The molecule has 2 nitrogen and oxygen atoms in total. The van der Waals surface area contributed by atoms with Gasteiger partial charge in [-0.05, 0) is 24.3 Å². The Labute approximate surface area is 117 Å². The minimum Gasteiger partial charge on any atom is -0.293 e. The van der Waals surface area contributed by atoms with Crippen LogP contribution in [0.25, 0.3) is 0 Å². The smallest absolute Gasteiger partial charge is 0.175 e. The Balaban J connectivity index is 2.16. The number of hydrogen-bond donors (Lipinski definition) is 0. The minimum absolute atomic E-state index is 0.0397. The first-order chi connectivity index (χ1) is 9.08. The van der Waals surface area contributed by atoms with E-state index in [1.807, 2.05) is 0 Å². The molecular weight excluding hydrogens is 287 g/mol. The first-order valence-corrected chi connectivity index (χ1v) is 7.19. The molecule has 0 N–H and O–H groups in total. The summed E-state index contributed by atoms with van der Waals surface area (Å²) in [5.74, 6) is -1.16. The standard InChI is InChI=1S/C14H10ClFO2S/c15-11-5-3-4-10(8-11)13(17)9-19(18)14-7-2-1-6-12(14)16/h1-8H,9H2. The lowest BCUT2D eigenvalue weighted by molar-refractivity contribution is 0.102. The van der Waals surface area contributed by atoms with E-state index in [-0.39, 0.29) is 16.4 Å². The van der Waals surface area contributed by atoms with Gasteiger partial charge in [0.1, 0.15) is 5.82 Å². The molecule has 0 saturated carbocycles. The van der Waals surface area contributed by atoms with Crippen LogP contribution in [-0.2, 0) is 10.8 Å². The van der Waals surface area contributed by atoms with Crippen molar-refractivity contribution in [1.82, 2.24) is 0 Å². The molecule has 0 aromatic heterocycles. The van der Waals surface area contributed by atoms with Gasteiger partial charge in [0, 0.05) is 10.6 Å². The lowest BCUT2D eigenvalue weighted by atomic mass is 10.1. The largest absolute Gasteiger partial charge is 0.293 e. The molecule has 5 heteroatoms. The second-order valence-electron chi connectivity index (χ2n) is 3.85. The van der Waals surface area contributed by atoms with E-state index in [1.54, 1.807) is 24.3 Å². The molecule has 19 heavy (non-hydrogen) atoms. The van der Waals surface area contributed by atoms with E-state index in [1.165, 1.54) is 24.3 Å². The lowest BCUT2D eigenvalue weighted by Crippen LogP contribution is -2.12. The van der Waals surface area contributed by atoms with Gasteiger partial charge in [0.25, 0.3) is 0 Å². The topological polar surface area (TPSA) is 34.1 Å². The molecule has 98 valence electrons. The predicted molar refractivity (Wildman–Crippen MR) is 73.5 cm³/mol. The van der Waals surface area contributed by atoms with Crippen LogP contribution >= 0.6 is 11.6 Å². The van der Waals surface area contributed by atoms with Crippen molar-refractivity contribution in [2.75, 3.05) is 5.75 Å². The number of benzene rings is 2. The molecule has 0 radical (unpaired) electrons. The third-order valence-electron chi connectivity index (χ3n) is 2.49. The van der Waals surface area contributed by atoms with Crippen LogP contribution in [0, 0.1) is 5.82 Å². The van der Waals surface area contributed by atoms with Gasteiger partial charge >= 0.3 is 0 Å². The first-order valence-electron chi connectivity index (χ1n) is 5.49. The number of halogens is 2. The summed E-state index contributed by atoms with van der Waals surface area (Å²) in [6.45, 7) is 0. The molecule has 1 unspecified atom stereocenters. The Morgan fingerprint density at radius 2 is 1.89 bits per heavy atom. The van der Waals surface area contributed by atoms with Crippen molar-refractivity contribution in [3.05, 3.63) is 64.9 Å². The van der Waals surface area contributed by atoms with Gasteiger partial charge in [-0.25, -0.2) is 4.39 Å². The summed E-state index contributed by atoms with van der Waals surface area (Å²) in [5, 5.41) is 0.433. The van der Waals surface area contributed by atoms with E-state index >= 15 is 0 Å². The zero-order valence-corrected chi connectivity index (χ0v) is 11.4. The highest BCUT2D eigenvalue weighted by molar-refractivity contribution is 7.85. The maximum Gasteiger partial charge on any atom is 0.175 e. The Hall–Kier alpha value is -1.52. The van der Waals surface area contributed by atoms with E-state index < -0.39 is 16.6 Å². The average molecular weight is 297 g/mol. The van der Waals surface area contributed by atoms with E-state index in [9.17, 15) is 13.4 Å². The van der Waals surface area contributed by atoms with Gasteiger partial charge in [-0.3, -0.25) is 9.00 Å². The van der Waals surface area contributed by atoms with E-state index in [0.29, 0.717) is 10.6 Å². The van der Waals surface area contributed by atoms with Crippen molar-refractivity contribution >= 4 is 28.2 Å². The van der Waals surface area contributed by atoms with Crippen molar-refractivity contribution < 1.29 is 13.4 Å². The molecule has 0 spiro atoms. The zero-order chi connectivity index (χ0) is 13.8. The van der Waals surface area contributed by atoms with Crippen LogP contribution in [0.3, 0.4) is 0 Å². The highest BCUT2D eigenvalue weighted by atomic mass is 35.5. The normalized spacial score (nSPS) is 12.1. The van der Waals surface area contributed by atoms with Crippen molar-refractivity contribution in [2.24, 2.45) is 0 Å². The molecule has 0 bridgehead atoms. The second kappa shape index (κ2) is 6.08. The Morgan fingerprint density at radius 3 is 2.58 bits per heavy atom. The molecular formula is C14H10ClFO2S. The first kappa shape index (κ1) is 13.9. The molecule has 0 heterocycles. The molecule has 0 saturated heterocycles. The summed E-state index contributed by atoms with van der Waals surface area (Å²) < 4.78 is 25.4. The number of carbonyl (C=O) groups excluding carboxylic acids is 1. The van der Waals surface area contributed by atoms with Gasteiger partial charge in [-0.2, -0.15) is 0 Å². The molecule has 2 aromatic carbocycles. The molecule has 0 aliphatic carbocycles. The summed E-state index contributed by atoms with van der Waals surface area (Å²) in [4.78, 5) is 12.0. The van der Waals surface area contributed by atoms with Gasteiger partial charge in [0.2, 0.25) is 0 Å². The molecule has 0 amide bonds. The SMILES string of the molecule is O=C(CS(=O)c1ccccc1F)c1cccc(Cl)c1. The predicted octanol–water partition coefficient (Wildman–Crippen LogP) is 3.47. The fourth-order valence-electron chi connectivity index (χ4n) is 1.57. The lowest BCUT2D eigenvalue weighted by Gasteiger charge is -2.03. The van der Waals surface area contributed by atoms with Crippen molar-refractivity contribution in [3.8, 4) is 0 Å². The van der Waals surface area contributed by atoms with Crippen molar-refractivity contribution in [1.29, 1.82) is 0 Å². The highest BCUT2D eigenvalue weighted by Crippen LogP contribution is 2.15. The molecule has 0 aliphatic heterocycles. The quantitative estimate of drug-likeness (QED) is 0.810. The van der Waals surface area contributed by atoms with Gasteiger partial charge in [-0.1, -0.05) is 35.9 Å². The highest BCUT2D eigenvalue weighted by Gasteiger charge is 2.15. The van der Waals surface area contributed by atoms with Crippen LogP contribution in [0.5, 0.6) is 0 Å². The summed E-state index contributed by atoms with van der Waals surface area (Å²) in [6.07, 6.45) is 0. The van der Waals surface area contributed by atoms with Crippen LogP contribution < -0.4 is 0 Å². The second-order valence-corrected chi connectivity index (χ2v) is 5.71. The van der Waals surface area contributed by atoms with Crippen molar-refractivity contribution in [3.63, 3.8) is 0 Å². The van der Waals surface area contributed by atoms with Gasteiger partial charge in [0.05, 0.1) is 21.4 Å². The number of rotatable bonds is 4. The Kier molecular flexibility index (Phi) is 4.45. The van der Waals surface area contributed by atoms with Crippen LogP contribution in [0.1, 0.15) is 10.4 Å². The van der Waals surface area contributed by atoms with E-state index in [4.69, 9.17) is 11.6 Å². The number of Topliss-reactive ketones (excluding diaryl/α,β-unsaturated/α-hetero) is 1. The summed E-state index contributed by atoms with van der Waals surface area (Å²) >= 11 is 5.78. The Bertz CT molecular complexity index is 643. The maximum atomic E-state index is 13.4. The summed E-state index contributed by atoms with van der Waals surface area (Å²) in [5.41, 5.74) is 0.372. The monoisotopic (exact) mass is 296 g/mol. The van der Waals surface area contributed by atoms with Crippen LogP contribution in [0.4, 0.5) is 4.39 Å². The average Bonchev–Trinajstić information content (AvgIpc) is 2.39. The fourth-order valence-corrected chi connectivity index (χ4v) is 2.84. The van der Waals surface area contributed by atoms with Gasteiger partial charge < -0.3 is 0 Å². The van der Waals surface area contributed by atoms with Crippen LogP contribution in [-0.4, -0.2) is 15.7 Å². The number of ketones is 1. The van der Waals surface area contributed by atoms with E-state index in [0.717, 1.165) is 0 Å². The minimum atomic E-state index is -1.70. The van der Waals surface area contributed by atoms with E-state index in [2.05, 4.69) is 0 Å². The van der Waals surface area contributed by atoms with Crippen LogP contribution in [0.2, 0.25) is 5.02 Å². The fraction of sp³-hybridized carbons (Fsp3) is 0.0714. The number of carbonyl (C=O) groups is 1. The molecule has 0 fully saturated rings. The number of hydrogen-bond acceptors (Lipinski definition) is 2. The van der Waals surface area contributed by atoms with Gasteiger partial charge in [0.15, 0.2) is 5.78 Å². The third-order valence-corrected chi connectivity index (χ3v) is 4.07.